The molecule has 6 nitrogen and oxygen atoms in total. The third kappa shape index (κ3) is 176. The minimum absolute atomic E-state index is 0. The van der Waals surface area contributed by atoms with Crippen molar-refractivity contribution in [3.05, 3.63) is 0 Å². The van der Waals surface area contributed by atoms with E-state index in [1.807, 2.05) is 0 Å². The standard InChI is InChI=1S/Ba.6O.2V/q+2;;;;;2*-1;;. The fraction of sp³-hybridized carbons (Fsp3) is 0. The maximum absolute atomic E-state index is 8.56. The van der Waals surface area contributed by atoms with Gasteiger partial charge in [0.15, 0.2) is 0 Å². The maximum atomic E-state index is 8.56. The molecule has 0 aromatic carbocycles. The van der Waals surface area contributed by atoms with Crippen LogP contribution in [0.5, 0.6) is 0 Å². The average Bonchev–Trinajstić information content (AvgIpc) is 1.25. The second-order valence-electron chi connectivity index (χ2n) is 0.447. The summed E-state index contributed by atoms with van der Waals surface area (Å²) < 4.78 is 51.4. The third-order valence-electron chi connectivity index (χ3n) is 0. The molecule has 0 aliphatic heterocycles. The molecule has 0 bridgehead atoms. The van der Waals surface area contributed by atoms with Gasteiger partial charge in [0.1, 0.15) is 0 Å². The number of hydrogen-bond acceptors (Lipinski definition) is 6. The van der Waals surface area contributed by atoms with Gasteiger partial charge < -0.3 is 0 Å². The van der Waals surface area contributed by atoms with Crippen LogP contribution in [0.25, 0.3) is 0 Å². The van der Waals surface area contributed by atoms with Gasteiger partial charge in [-0.2, -0.15) is 0 Å². The van der Waals surface area contributed by atoms with E-state index in [-0.39, 0.29) is 48.9 Å². The zero-order valence-corrected chi connectivity index (χ0v) is 11.3. The topological polar surface area (TPSA) is 114 Å². The molecular weight excluding hydrogens is 335 g/mol. The Morgan fingerprint density at radius 1 is 0.778 bits per heavy atom. The van der Waals surface area contributed by atoms with E-state index in [1.54, 1.807) is 0 Å². The van der Waals surface area contributed by atoms with Gasteiger partial charge in [-0.15, -0.1) is 0 Å². The van der Waals surface area contributed by atoms with Crippen molar-refractivity contribution in [1.82, 2.24) is 0 Å². The van der Waals surface area contributed by atoms with E-state index < -0.39 is 30.8 Å². The summed E-state index contributed by atoms with van der Waals surface area (Å²) in [7, 11) is 0. The average molecular weight is 335 g/mol. The summed E-state index contributed by atoms with van der Waals surface area (Å²) in [6, 6.07) is 0. The predicted molar refractivity (Wildman–Crippen MR) is 8.50 cm³/mol. The molecule has 0 spiro atoms. The molecule has 48 valence electrons. The second-order valence-corrected chi connectivity index (χ2v) is 1.84. The molecule has 0 saturated carbocycles. The molecule has 0 fully saturated rings. The summed E-state index contributed by atoms with van der Waals surface area (Å²) in [5.74, 6) is 0. The molecule has 0 rings (SSSR count). The molecule has 0 N–H and O–H groups in total. The normalized spacial score (nSPS) is 5.56. The summed E-state index contributed by atoms with van der Waals surface area (Å²) in [5.41, 5.74) is 0. The molecule has 0 saturated heterocycles. The SMILES string of the molecule is [Ba+2].[O]=[V](=[O])[O-].[O]=[V](=[O])[O-]. The third-order valence-corrected chi connectivity index (χ3v) is 0. The molecule has 0 aromatic heterocycles. The van der Waals surface area contributed by atoms with Gasteiger partial charge in [-0.1, -0.05) is 0 Å². The van der Waals surface area contributed by atoms with Crippen LogP contribution in [0.15, 0.2) is 0 Å². The first kappa shape index (κ1) is 17.1. The van der Waals surface area contributed by atoms with Gasteiger partial charge in [-0.3, -0.25) is 0 Å². The Balaban J connectivity index is -0.0000000720. The molecule has 0 aliphatic rings. The number of rotatable bonds is 0. The van der Waals surface area contributed by atoms with Crippen LogP contribution in [-0.2, 0) is 45.5 Å². The van der Waals surface area contributed by atoms with Gasteiger partial charge in [-0.05, 0) is 0 Å². The first-order valence-corrected chi connectivity index (χ1v) is 4.52. The van der Waals surface area contributed by atoms with Crippen molar-refractivity contribution < 1.29 is 53.6 Å². The van der Waals surface area contributed by atoms with Crippen molar-refractivity contribution in [2.75, 3.05) is 0 Å². The van der Waals surface area contributed by atoms with Crippen molar-refractivity contribution in [3.8, 4) is 0 Å². The molecule has 0 heterocycles. The van der Waals surface area contributed by atoms with Gasteiger partial charge in [0, 0.05) is 0 Å². The Hall–Kier alpha value is 1.86. The summed E-state index contributed by atoms with van der Waals surface area (Å²) >= 11 is -7.88. The Bertz CT molecular complexity index is 128. The Morgan fingerprint density at radius 2 is 0.778 bits per heavy atom. The van der Waals surface area contributed by atoms with Gasteiger partial charge in [-0.25, -0.2) is 0 Å². The van der Waals surface area contributed by atoms with Crippen LogP contribution < -0.4 is 8.06 Å². The van der Waals surface area contributed by atoms with Crippen molar-refractivity contribution in [2.24, 2.45) is 0 Å². The summed E-state index contributed by atoms with van der Waals surface area (Å²) in [6.45, 7) is 0. The molecule has 0 aliphatic carbocycles. The quantitative estimate of drug-likeness (QED) is 0.430. The van der Waals surface area contributed by atoms with Crippen LogP contribution in [0, 0.1) is 0 Å². The number of hydrogen-bond donors (Lipinski definition) is 0. The summed E-state index contributed by atoms with van der Waals surface area (Å²) in [5, 5.41) is 0. The van der Waals surface area contributed by atoms with E-state index >= 15 is 0 Å². The molecule has 9 heteroatoms. The zero-order chi connectivity index (χ0) is 7.15. The van der Waals surface area contributed by atoms with Crippen LogP contribution >= 0.6 is 0 Å². The van der Waals surface area contributed by atoms with Gasteiger partial charge >= 0.3 is 102 Å². The first-order chi connectivity index (χ1) is 3.46. The Labute approximate surface area is 100 Å². The minimum atomic E-state index is -3.94. The Morgan fingerprint density at radius 3 is 0.778 bits per heavy atom. The van der Waals surface area contributed by atoms with Crippen molar-refractivity contribution >= 4 is 48.9 Å². The van der Waals surface area contributed by atoms with E-state index in [0.29, 0.717) is 0 Å². The van der Waals surface area contributed by atoms with Gasteiger partial charge in [0.25, 0.3) is 0 Å². The van der Waals surface area contributed by atoms with Crippen molar-refractivity contribution in [1.29, 1.82) is 0 Å². The van der Waals surface area contributed by atoms with Gasteiger partial charge in [0.05, 0.1) is 0 Å². The molecule has 0 unspecified atom stereocenters. The van der Waals surface area contributed by atoms with E-state index in [2.05, 4.69) is 0 Å². The van der Waals surface area contributed by atoms with Crippen molar-refractivity contribution in [3.63, 3.8) is 0 Å². The molecule has 0 aromatic rings. The fourth-order valence-corrected chi connectivity index (χ4v) is 0. The van der Waals surface area contributed by atoms with Crippen LogP contribution in [0.1, 0.15) is 0 Å². The molecular formula is BaO6V2. The van der Waals surface area contributed by atoms with E-state index in [1.165, 1.54) is 0 Å². The summed E-state index contributed by atoms with van der Waals surface area (Å²) in [6.07, 6.45) is 0. The van der Waals surface area contributed by atoms with E-state index in [4.69, 9.17) is 22.8 Å². The van der Waals surface area contributed by atoms with Crippen LogP contribution in [-0.4, -0.2) is 48.9 Å². The van der Waals surface area contributed by atoms with Crippen LogP contribution in [0.4, 0.5) is 0 Å². The van der Waals surface area contributed by atoms with E-state index in [0.717, 1.165) is 0 Å². The monoisotopic (exact) mass is 336 g/mol. The van der Waals surface area contributed by atoms with Crippen LogP contribution in [0.2, 0.25) is 0 Å². The molecule has 0 radical (unpaired) electrons. The van der Waals surface area contributed by atoms with Gasteiger partial charge in [0.2, 0.25) is 0 Å². The molecule has 0 amide bonds. The fourth-order valence-electron chi connectivity index (χ4n) is 0. The van der Waals surface area contributed by atoms with Crippen LogP contribution in [0.3, 0.4) is 0 Å². The van der Waals surface area contributed by atoms with Crippen molar-refractivity contribution in [2.45, 2.75) is 0 Å². The summed E-state index contributed by atoms with van der Waals surface area (Å²) in [4.78, 5) is 0. The van der Waals surface area contributed by atoms with E-state index in [9.17, 15) is 0 Å². The zero-order valence-electron chi connectivity index (χ0n) is 4.05. The molecule has 9 heavy (non-hydrogen) atoms. The predicted octanol–water partition coefficient (Wildman–Crippen LogP) is -3.24. The Kier molecular flexibility index (Phi) is 23.8. The molecule has 0 atom stereocenters. The first-order valence-electron chi connectivity index (χ1n) is 1.10. The second kappa shape index (κ2) is 12.5.